The number of furan rings is 1. The molecule has 3 rings (SSSR count). The summed E-state index contributed by atoms with van der Waals surface area (Å²) >= 11 is 0. The molecule has 132 valence electrons. The van der Waals surface area contributed by atoms with Crippen LogP contribution < -0.4 is 10.2 Å². The molecular formula is C18H24N6O. The standard InChI is InChI=1S/C18H24N6O/c1-2-7-19-17(22-10-6-16-5-3-15-25-16)23-11-13-24(14-12-23)18-20-8-4-9-21-18/h2-5,8-9,15H,1,6-7,10-14H2,(H,19,22). The molecule has 7 heteroatoms. The SMILES string of the molecule is C=CCNC(=NCCc1ccco1)N1CCN(c2ncccn2)CC1. The van der Waals surface area contributed by atoms with E-state index in [0.717, 1.165) is 50.3 Å². The van der Waals surface area contributed by atoms with Crippen LogP contribution in [0.25, 0.3) is 0 Å². The van der Waals surface area contributed by atoms with Crippen molar-refractivity contribution in [1.29, 1.82) is 0 Å². The minimum atomic E-state index is 0.689. The van der Waals surface area contributed by atoms with Gasteiger partial charge in [0.1, 0.15) is 5.76 Å². The molecule has 0 atom stereocenters. The fourth-order valence-electron chi connectivity index (χ4n) is 2.73. The van der Waals surface area contributed by atoms with Gasteiger partial charge in [-0.1, -0.05) is 6.08 Å². The van der Waals surface area contributed by atoms with Gasteiger partial charge in [-0.2, -0.15) is 0 Å². The zero-order valence-electron chi connectivity index (χ0n) is 14.3. The number of anilines is 1. The molecule has 25 heavy (non-hydrogen) atoms. The summed E-state index contributed by atoms with van der Waals surface area (Å²) in [6.07, 6.45) is 7.89. The molecule has 0 unspecified atom stereocenters. The second-order valence-corrected chi connectivity index (χ2v) is 5.73. The molecular weight excluding hydrogens is 316 g/mol. The molecule has 2 aromatic heterocycles. The van der Waals surface area contributed by atoms with E-state index in [1.54, 1.807) is 18.7 Å². The number of nitrogens with one attached hydrogen (secondary N) is 1. The monoisotopic (exact) mass is 340 g/mol. The Balaban J connectivity index is 1.56. The van der Waals surface area contributed by atoms with Gasteiger partial charge in [0.05, 0.1) is 6.26 Å². The lowest BCUT2D eigenvalue weighted by Gasteiger charge is -2.36. The maximum Gasteiger partial charge on any atom is 0.225 e. The third kappa shape index (κ3) is 4.82. The molecule has 1 saturated heterocycles. The van der Waals surface area contributed by atoms with Crippen LogP contribution in [0.1, 0.15) is 5.76 Å². The van der Waals surface area contributed by atoms with E-state index >= 15 is 0 Å². The van der Waals surface area contributed by atoms with Crippen molar-refractivity contribution in [2.24, 2.45) is 4.99 Å². The first kappa shape index (κ1) is 17.0. The van der Waals surface area contributed by atoms with Gasteiger partial charge in [-0.25, -0.2) is 9.97 Å². The number of rotatable bonds is 6. The highest BCUT2D eigenvalue weighted by Gasteiger charge is 2.21. The van der Waals surface area contributed by atoms with Crippen LogP contribution in [0.15, 0.2) is 58.9 Å². The first-order valence-corrected chi connectivity index (χ1v) is 8.55. The normalized spacial score (nSPS) is 15.3. The average Bonchev–Trinajstić information content (AvgIpc) is 3.19. The topological polar surface area (TPSA) is 69.8 Å². The molecule has 0 radical (unpaired) electrons. The molecule has 3 heterocycles. The Morgan fingerprint density at radius 2 is 2.04 bits per heavy atom. The largest absolute Gasteiger partial charge is 0.469 e. The van der Waals surface area contributed by atoms with Crippen molar-refractivity contribution in [2.45, 2.75) is 6.42 Å². The summed E-state index contributed by atoms with van der Waals surface area (Å²) < 4.78 is 5.36. The number of nitrogens with zero attached hydrogens (tertiary/aromatic N) is 5. The Hall–Kier alpha value is -2.83. The van der Waals surface area contributed by atoms with Gasteiger partial charge in [0.2, 0.25) is 5.95 Å². The summed E-state index contributed by atoms with van der Waals surface area (Å²) in [5, 5.41) is 3.35. The van der Waals surface area contributed by atoms with Crippen LogP contribution in [0.2, 0.25) is 0 Å². The van der Waals surface area contributed by atoms with E-state index in [-0.39, 0.29) is 0 Å². The Morgan fingerprint density at radius 1 is 1.24 bits per heavy atom. The molecule has 1 fully saturated rings. The van der Waals surface area contributed by atoms with Crippen LogP contribution in [0.5, 0.6) is 0 Å². The Bertz CT molecular complexity index is 662. The fraction of sp³-hybridized carbons (Fsp3) is 0.389. The number of piperazine rings is 1. The van der Waals surface area contributed by atoms with Gasteiger partial charge in [0.15, 0.2) is 5.96 Å². The lowest BCUT2D eigenvalue weighted by Crippen LogP contribution is -2.53. The molecule has 0 aliphatic carbocycles. The van der Waals surface area contributed by atoms with E-state index in [1.807, 2.05) is 24.3 Å². The molecule has 0 bridgehead atoms. The molecule has 2 aromatic rings. The van der Waals surface area contributed by atoms with Crippen molar-refractivity contribution in [1.82, 2.24) is 20.2 Å². The Kier molecular flexibility index (Phi) is 6.03. The Morgan fingerprint density at radius 3 is 2.72 bits per heavy atom. The number of hydrogen-bond donors (Lipinski definition) is 1. The van der Waals surface area contributed by atoms with Crippen molar-refractivity contribution in [2.75, 3.05) is 44.2 Å². The molecule has 1 aliphatic heterocycles. The zero-order valence-corrected chi connectivity index (χ0v) is 14.3. The van der Waals surface area contributed by atoms with Gasteiger partial charge in [0.25, 0.3) is 0 Å². The van der Waals surface area contributed by atoms with Crippen LogP contribution in [-0.2, 0) is 6.42 Å². The molecule has 7 nitrogen and oxygen atoms in total. The summed E-state index contributed by atoms with van der Waals surface area (Å²) in [6, 6.07) is 5.72. The quantitative estimate of drug-likeness (QED) is 0.489. The molecule has 0 amide bonds. The minimum absolute atomic E-state index is 0.689. The van der Waals surface area contributed by atoms with Crippen LogP contribution in [0.4, 0.5) is 5.95 Å². The van der Waals surface area contributed by atoms with E-state index < -0.39 is 0 Å². The van der Waals surface area contributed by atoms with Gasteiger partial charge in [-0.15, -0.1) is 6.58 Å². The van der Waals surface area contributed by atoms with E-state index in [4.69, 9.17) is 9.41 Å². The van der Waals surface area contributed by atoms with Gasteiger partial charge >= 0.3 is 0 Å². The predicted molar refractivity (Wildman–Crippen MR) is 98.7 cm³/mol. The zero-order chi connectivity index (χ0) is 17.3. The van der Waals surface area contributed by atoms with Gasteiger partial charge < -0.3 is 19.5 Å². The number of aliphatic imine (C=N–C) groups is 1. The maximum atomic E-state index is 5.36. The molecule has 1 N–H and O–H groups in total. The highest BCUT2D eigenvalue weighted by atomic mass is 16.3. The smallest absolute Gasteiger partial charge is 0.225 e. The van der Waals surface area contributed by atoms with Crippen LogP contribution in [0, 0.1) is 0 Å². The lowest BCUT2D eigenvalue weighted by atomic mass is 10.3. The van der Waals surface area contributed by atoms with Gasteiger partial charge in [-0.3, -0.25) is 4.99 Å². The molecule has 0 saturated carbocycles. The van der Waals surface area contributed by atoms with Crippen molar-refractivity contribution in [3.8, 4) is 0 Å². The van der Waals surface area contributed by atoms with Crippen LogP contribution in [0.3, 0.4) is 0 Å². The summed E-state index contributed by atoms with van der Waals surface area (Å²) in [5.74, 6) is 2.66. The highest BCUT2D eigenvalue weighted by molar-refractivity contribution is 5.80. The third-order valence-corrected chi connectivity index (χ3v) is 4.02. The average molecular weight is 340 g/mol. The van der Waals surface area contributed by atoms with E-state index in [2.05, 4.69) is 31.7 Å². The summed E-state index contributed by atoms with van der Waals surface area (Å²) in [4.78, 5) is 17.9. The van der Waals surface area contributed by atoms with Crippen molar-refractivity contribution in [3.05, 3.63) is 55.3 Å². The second-order valence-electron chi connectivity index (χ2n) is 5.73. The lowest BCUT2D eigenvalue weighted by molar-refractivity contribution is 0.370. The maximum absolute atomic E-state index is 5.36. The first-order valence-electron chi connectivity index (χ1n) is 8.55. The second kappa shape index (κ2) is 8.86. The number of guanidine groups is 1. The predicted octanol–water partition coefficient (Wildman–Crippen LogP) is 1.57. The van der Waals surface area contributed by atoms with Crippen molar-refractivity contribution < 1.29 is 4.42 Å². The van der Waals surface area contributed by atoms with E-state index in [0.29, 0.717) is 13.1 Å². The molecule has 1 aliphatic rings. The minimum Gasteiger partial charge on any atom is -0.469 e. The summed E-state index contributed by atoms with van der Waals surface area (Å²) in [5.41, 5.74) is 0. The van der Waals surface area contributed by atoms with Crippen LogP contribution >= 0.6 is 0 Å². The van der Waals surface area contributed by atoms with Crippen molar-refractivity contribution >= 4 is 11.9 Å². The van der Waals surface area contributed by atoms with Crippen molar-refractivity contribution in [3.63, 3.8) is 0 Å². The first-order chi connectivity index (χ1) is 12.4. The molecule has 0 aromatic carbocycles. The summed E-state index contributed by atoms with van der Waals surface area (Å²) in [7, 11) is 0. The number of aromatic nitrogens is 2. The highest BCUT2D eigenvalue weighted by Crippen LogP contribution is 2.10. The van der Waals surface area contributed by atoms with E-state index in [9.17, 15) is 0 Å². The number of hydrogen-bond acceptors (Lipinski definition) is 5. The van der Waals surface area contributed by atoms with E-state index in [1.165, 1.54) is 0 Å². The Labute approximate surface area is 148 Å². The van der Waals surface area contributed by atoms with Crippen LogP contribution in [-0.4, -0.2) is 60.1 Å². The fourth-order valence-corrected chi connectivity index (χ4v) is 2.73. The molecule has 0 spiro atoms. The van der Waals surface area contributed by atoms with Gasteiger partial charge in [-0.05, 0) is 18.2 Å². The summed E-state index contributed by atoms with van der Waals surface area (Å²) in [6.45, 7) is 8.66. The van der Waals surface area contributed by atoms with Gasteiger partial charge in [0, 0.05) is 58.1 Å². The third-order valence-electron chi connectivity index (χ3n) is 4.02.